The van der Waals surface area contributed by atoms with Gasteiger partial charge in [-0.25, -0.2) is 0 Å². The highest BCUT2D eigenvalue weighted by molar-refractivity contribution is 5.20. The SMILES string of the molecule is CN1CCC=CC=C1Cc1ccccn1. The molecule has 0 N–H and O–H groups in total. The number of rotatable bonds is 2. The third kappa shape index (κ3) is 2.69. The lowest BCUT2D eigenvalue weighted by molar-refractivity contribution is 0.418. The summed E-state index contributed by atoms with van der Waals surface area (Å²) in [5, 5.41) is 0. The zero-order valence-electron chi connectivity index (χ0n) is 9.06. The van der Waals surface area contributed by atoms with Crippen molar-refractivity contribution in [1.29, 1.82) is 0 Å². The van der Waals surface area contributed by atoms with Crippen LogP contribution in [0, 0.1) is 0 Å². The summed E-state index contributed by atoms with van der Waals surface area (Å²) >= 11 is 0. The van der Waals surface area contributed by atoms with Gasteiger partial charge in [0.25, 0.3) is 0 Å². The van der Waals surface area contributed by atoms with Crippen molar-refractivity contribution in [3.8, 4) is 0 Å². The number of hydrogen-bond donors (Lipinski definition) is 0. The zero-order valence-corrected chi connectivity index (χ0v) is 9.06. The molecule has 0 saturated carbocycles. The van der Waals surface area contributed by atoms with Crippen molar-refractivity contribution in [2.75, 3.05) is 13.6 Å². The van der Waals surface area contributed by atoms with E-state index in [9.17, 15) is 0 Å². The van der Waals surface area contributed by atoms with Gasteiger partial charge in [-0.3, -0.25) is 4.98 Å². The van der Waals surface area contributed by atoms with E-state index in [-0.39, 0.29) is 0 Å². The van der Waals surface area contributed by atoms with Gasteiger partial charge in [0.05, 0.1) is 0 Å². The molecule has 0 radical (unpaired) electrons. The number of allylic oxidation sites excluding steroid dienone is 3. The smallest absolute Gasteiger partial charge is 0.0462 e. The topological polar surface area (TPSA) is 16.1 Å². The van der Waals surface area contributed by atoms with Crippen molar-refractivity contribution >= 4 is 0 Å². The first kappa shape index (κ1) is 9.97. The van der Waals surface area contributed by atoms with E-state index in [0.29, 0.717) is 0 Å². The van der Waals surface area contributed by atoms with E-state index < -0.39 is 0 Å². The molecule has 0 aromatic carbocycles. The summed E-state index contributed by atoms with van der Waals surface area (Å²) in [6.45, 7) is 1.09. The van der Waals surface area contributed by atoms with Gasteiger partial charge >= 0.3 is 0 Å². The van der Waals surface area contributed by atoms with Gasteiger partial charge in [0.2, 0.25) is 0 Å². The van der Waals surface area contributed by atoms with Gasteiger partial charge in [0, 0.05) is 37.6 Å². The number of likely N-dealkylation sites (N-methyl/N-ethyl adjacent to an activating group) is 1. The molecule has 15 heavy (non-hydrogen) atoms. The number of nitrogens with zero attached hydrogens (tertiary/aromatic N) is 2. The molecule has 0 unspecified atom stereocenters. The Hall–Kier alpha value is -1.57. The summed E-state index contributed by atoms with van der Waals surface area (Å²) in [6.07, 6.45) is 10.4. The van der Waals surface area contributed by atoms with Crippen LogP contribution in [-0.2, 0) is 6.42 Å². The van der Waals surface area contributed by atoms with Gasteiger partial charge in [-0.05, 0) is 24.6 Å². The van der Waals surface area contributed by atoms with Crippen molar-refractivity contribution in [3.63, 3.8) is 0 Å². The number of hydrogen-bond acceptors (Lipinski definition) is 2. The van der Waals surface area contributed by atoms with Gasteiger partial charge < -0.3 is 4.90 Å². The van der Waals surface area contributed by atoms with Gasteiger partial charge in [-0.15, -0.1) is 0 Å². The van der Waals surface area contributed by atoms with Crippen molar-refractivity contribution in [2.45, 2.75) is 12.8 Å². The minimum Gasteiger partial charge on any atom is -0.377 e. The monoisotopic (exact) mass is 200 g/mol. The molecular weight excluding hydrogens is 184 g/mol. The van der Waals surface area contributed by atoms with Crippen LogP contribution in [0.5, 0.6) is 0 Å². The standard InChI is InChI=1S/C13H16N2/c1-15-10-6-2-3-8-13(15)11-12-7-4-5-9-14-12/h2-5,7-9H,6,10-11H2,1H3. The minimum absolute atomic E-state index is 0.918. The molecule has 2 nitrogen and oxygen atoms in total. The molecule has 0 fully saturated rings. The maximum absolute atomic E-state index is 4.35. The molecule has 78 valence electrons. The van der Waals surface area contributed by atoms with E-state index in [1.54, 1.807) is 0 Å². The molecule has 2 heteroatoms. The molecule has 1 aliphatic rings. The first-order valence-electron chi connectivity index (χ1n) is 5.33. The minimum atomic E-state index is 0.918. The van der Waals surface area contributed by atoms with Gasteiger partial charge in [-0.2, -0.15) is 0 Å². The van der Waals surface area contributed by atoms with Crippen LogP contribution in [0.25, 0.3) is 0 Å². The zero-order chi connectivity index (χ0) is 10.5. The summed E-state index contributed by atoms with van der Waals surface area (Å²) in [7, 11) is 2.14. The van der Waals surface area contributed by atoms with Crippen LogP contribution < -0.4 is 0 Å². The van der Waals surface area contributed by atoms with Crippen LogP contribution in [0.3, 0.4) is 0 Å². The lowest BCUT2D eigenvalue weighted by Gasteiger charge is -2.20. The van der Waals surface area contributed by atoms with Crippen molar-refractivity contribution in [1.82, 2.24) is 9.88 Å². The Bertz CT molecular complexity index is 365. The molecule has 1 aliphatic heterocycles. The molecule has 0 bridgehead atoms. The Morgan fingerprint density at radius 3 is 3.13 bits per heavy atom. The van der Waals surface area contributed by atoms with Crippen LogP contribution in [0.2, 0.25) is 0 Å². The van der Waals surface area contributed by atoms with Gasteiger partial charge in [0.15, 0.2) is 0 Å². The molecule has 2 heterocycles. The van der Waals surface area contributed by atoms with Crippen LogP contribution in [0.1, 0.15) is 12.1 Å². The summed E-state index contributed by atoms with van der Waals surface area (Å²) < 4.78 is 0. The molecule has 2 rings (SSSR count). The average molecular weight is 200 g/mol. The molecule has 0 amide bonds. The second-order valence-corrected chi connectivity index (χ2v) is 3.79. The quantitative estimate of drug-likeness (QED) is 0.728. The first-order valence-corrected chi connectivity index (χ1v) is 5.33. The second-order valence-electron chi connectivity index (χ2n) is 3.79. The lowest BCUT2D eigenvalue weighted by Crippen LogP contribution is -2.19. The van der Waals surface area contributed by atoms with Crippen molar-refractivity contribution < 1.29 is 0 Å². The Labute approximate surface area is 90.9 Å². The molecule has 0 saturated heterocycles. The fourth-order valence-corrected chi connectivity index (χ4v) is 1.70. The van der Waals surface area contributed by atoms with Crippen LogP contribution in [0.4, 0.5) is 0 Å². The van der Waals surface area contributed by atoms with Crippen LogP contribution in [0.15, 0.2) is 48.3 Å². The maximum atomic E-state index is 4.35. The Balaban J connectivity index is 2.11. The molecule has 0 atom stereocenters. The lowest BCUT2D eigenvalue weighted by atomic mass is 10.2. The van der Waals surface area contributed by atoms with Gasteiger partial charge in [-0.1, -0.05) is 18.2 Å². The van der Waals surface area contributed by atoms with Gasteiger partial charge in [0.1, 0.15) is 0 Å². The molecule has 1 aromatic heterocycles. The largest absolute Gasteiger partial charge is 0.377 e. The van der Waals surface area contributed by atoms with Crippen LogP contribution >= 0.6 is 0 Å². The fraction of sp³-hybridized carbons (Fsp3) is 0.308. The van der Waals surface area contributed by atoms with Crippen molar-refractivity contribution in [2.24, 2.45) is 0 Å². The summed E-state index contributed by atoms with van der Waals surface area (Å²) in [5.74, 6) is 0. The highest BCUT2D eigenvalue weighted by atomic mass is 15.1. The van der Waals surface area contributed by atoms with E-state index in [1.807, 2.05) is 18.3 Å². The predicted molar refractivity (Wildman–Crippen MR) is 62.4 cm³/mol. The normalized spacial score (nSPS) is 16.1. The molecular formula is C13H16N2. The Morgan fingerprint density at radius 2 is 2.33 bits per heavy atom. The number of aromatic nitrogens is 1. The summed E-state index contributed by atoms with van der Waals surface area (Å²) in [4.78, 5) is 6.65. The number of pyridine rings is 1. The van der Waals surface area contributed by atoms with E-state index in [0.717, 1.165) is 25.1 Å². The maximum Gasteiger partial charge on any atom is 0.0462 e. The Morgan fingerprint density at radius 1 is 1.40 bits per heavy atom. The van der Waals surface area contributed by atoms with E-state index in [1.165, 1.54) is 5.70 Å². The summed E-state index contributed by atoms with van der Waals surface area (Å²) in [5.41, 5.74) is 2.47. The third-order valence-electron chi connectivity index (χ3n) is 2.63. The second kappa shape index (κ2) is 4.78. The highest BCUT2D eigenvalue weighted by Gasteiger charge is 2.06. The fourth-order valence-electron chi connectivity index (χ4n) is 1.70. The van der Waals surface area contributed by atoms with E-state index in [4.69, 9.17) is 0 Å². The molecule has 1 aromatic rings. The molecule has 0 aliphatic carbocycles. The third-order valence-corrected chi connectivity index (χ3v) is 2.63. The Kier molecular flexibility index (Phi) is 3.18. The van der Waals surface area contributed by atoms with E-state index in [2.05, 4.69) is 41.2 Å². The van der Waals surface area contributed by atoms with E-state index >= 15 is 0 Å². The first-order chi connectivity index (χ1) is 7.36. The average Bonchev–Trinajstić information content (AvgIpc) is 2.46. The molecule has 0 spiro atoms. The van der Waals surface area contributed by atoms with Crippen LogP contribution in [-0.4, -0.2) is 23.5 Å². The highest BCUT2D eigenvalue weighted by Crippen LogP contribution is 2.12. The van der Waals surface area contributed by atoms with Crippen molar-refractivity contribution in [3.05, 3.63) is 54.0 Å². The summed E-state index contributed by atoms with van der Waals surface area (Å²) in [6, 6.07) is 6.06. The predicted octanol–water partition coefficient (Wildman–Crippen LogP) is 2.40.